The van der Waals surface area contributed by atoms with E-state index >= 15 is 0 Å². The lowest BCUT2D eigenvalue weighted by molar-refractivity contribution is 0.0596. The molecule has 2 aromatic carbocycles. The van der Waals surface area contributed by atoms with Gasteiger partial charge in [-0.05, 0) is 30.3 Å². The fourth-order valence-corrected chi connectivity index (χ4v) is 5.32. The highest BCUT2D eigenvalue weighted by atomic mass is 32.2. The monoisotopic (exact) mass is 447 g/mol. The Morgan fingerprint density at radius 1 is 1.20 bits per heavy atom. The standard InChI is InChI=1S/C19H17N3O6S2/c1-22-12-8-7-10(9-14(12)29-19(22)24)30(25,26)21-16-15-11(5-4-6-13(15)27-2)20-17(16)18(23)28-3/h4-9,20-21H,1-3H3. The van der Waals surface area contributed by atoms with E-state index in [-0.39, 0.29) is 21.1 Å². The highest BCUT2D eigenvalue weighted by molar-refractivity contribution is 7.92. The molecule has 0 bridgehead atoms. The average molecular weight is 447 g/mol. The molecule has 0 aliphatic rings. The van der Waals surface area contributed by atoms with Crippen molar-refractivity contribution >= 4 is 54.1 Å². The molecule has 11 heteroatoms. The van der Waals surface area contributed by atoms with Crippen molar-refractivity contribution < 1.29 is 22.7 Å². The predicted molar refractivity (Wildman–Crippen MR) is 114 cm³/mol. The van der Waals surface area contributed by atoms with E-state index in [9.17, 15) is 18.0 Å². The number of thiazole rings is 1. The van der Waals surface area contributed by atoms with E-state index in [1.807, 2.05) is 0 Å². The van der Waals surface area contributed by atoms with Crippen LogP contribution < -0.4 is 14.3 Å². The van der Waals surface area contributed by atoms with Crippen molar-refractivity contribution in [2.24, 2.45) is 7.05 Å². The number of anilines is 1. The predicted octanol–water partition coefficient (Wildman–Crippen LogP) is 2.68. The number of benzene rings is 2. The summed E-state index contributed by atoms with van der Waals surface area (Å²) in [6, 6.07) is 9.45. The number of ether oxygens (including phenoxy) is 2. The third-order valence-electron chi connectivity index (χ3n) is 4.71. The minimum Gasteiger partial charge on any atom is -0.496 e. The zero-order valence-electron chi connectivity index (χ0n) is 16.2. The van der Waals surface area contributed by atoms with Crippen LogP contribution in [-0.2, 0) is 21.8 Å². The van der Waals surface area contributed by atoms with Crippen LogP contribution in [0.25, 0.3) is 21.1 Å². The maximum atomic E-state index is 13.1. The van der Waals surface area contributed by atoms with Gasteiger partial charge in [0.2, 0.25) is 0 Å². The number of methoxy groups -OCH3 is 2. The van der Waals surface area contributed by atoms with E-state index < -0.39 is 16.0 Å². The maximum Gasteiger partial charge on any atom is 0.356 e. The normalized spacial score (nSPS) is 11.7. The Morgan fingerprint density at radius 3 is 2.67 bits per heavy atom. The van der Waals surface area contributed by atoms with Crippen LogP contribution in [0.5, 0.6) is 5.75 Å². The molecule has 2 aromatic heterocycles. The number of nitrogens with one attached hydrogen (secondary N) is 2. The molecule has 0 unspecified atom stereocenters. The van der Waals surface area contributed by atoms with Crippen molar-refractivity contribution in [2.45, 2.75) is 4.90 Å². The van der Waals surface area contributed by atoms with E-state index in [2.05, 4.69) is 9.71 Å². The Bertz CT molecular complexity index is 1460. The molecular formula is C19H17N3O6S2. The van der Waals surface area contributed by atoms with Gasteiger partial charge in [-0.15, -0.1) is 0 Å². The third kappa shape index (κ3) is 3.12. The van der Waals surface area contributed by atoms with Crippen LogP contribution in [0.15, 0.2) is 46.1 Å². The number of sulfonamides is 1. The summed E-state index contributed by atoms with van der Waals surface area (Å²) >= 11 is 0.952. The van der Waals surface area contributed by atoms with Crippen molar-refractivity contribution in [3.63, 3.8) is 0 Å². The van der Waals surface area contributed by atoms with Crippen LogP contribution in [-0.4, -0.2) is 38.2 Å². The lowest BCUT2D eigenvalue weighted by Crippen LogP contribution is -2.15. The van der Waals surface area contributed by atoms with Crippen molar-refractivity contribution in [1.82, 2.24) is 9.55 Å². The van der Waals surface area contributed by atoms with Crippen LogP contribution in [0.2, 0.25) is 0 Å². The van der Waals surface area contributed by atoms with Gasteiger partial charge in [0.1, 0.15) is 5.75 Å². The Balaban J connectivity index is 1.88. The summed E-state index contributed by atoms with van der Waals surface area (Å²) in [5.74, 6) is -0.351. The van der Waals surface area contributed by atoms with Gasteiger partial charge in [-0.1, -0.05) is 17.4 Å². The molecule has 4 rings (SSSR count). The molecule has 0 aliphatic carbocycles. The van der Waals surface area contributed by atoms with E-state index in [0.29, 0.717) is 26.9 Å². The van der Waals surface area contributed by atoms with Gasteiger partial charge in [0, 0.05) is 7.05 Å². The van der Waals surface area contributed by atoms with Crippen LogP contribution >= 0.6 is 11.3 Å². The van der Waals surface area contributed by atoms with E-state index in [4.69, 9.17) is 9.47 Å². The number of rotatable bonds is 5. The molecule has 2 N–H and O–H groups in total. The summed E-state index contributed by atoms with van der Waals surface area (Å²) in [5.41, 5.74) is 1.11. The van der Waals surface area contributed by atoms with Gasteiger partial charge in [-0.2, -0.15) is 0 Å². The fraction of sp³-hybridized carbons (Fsp3) is 0.158. The van der Waals surface area contributed by atoms with Crippen LogP contribution in [0.4, 0.5) is 5.69 Å². The van der Waals surface area contributed by atoms with Gasteiger partial charge in [-0.3, -0.25) is 9.52 Å². The summed E-state index contributed by atoms with van der Waals surface area (Å²) in [6.45, 7) is 0. The second kappa shape index (κ2) is 7.18. The zero-order valence-corrected chi connectivity index (χ0v) is 17.8. The van der Waals surface area contributed by atoms with Crippen molar-refractivity contribution in [1.29, 1.82) is 0 Å². The number of esters is 1. The SMILES string of the molecule is COC(=O)c1[nH]c2cccc(OC)c2c1NS(=O)(=O)c1ccc2c(c1)sc(=O)n2C. The molecule has 0 spiro atoms. The molecule has 0 aliphatic heterocycles. The first-order valence-corrected chi connectivity index (χ1v) is 11.0. The lowest BCUT2D eigenvalue weighted by Gasteiger charge is -2.11. The summed E-state index contributed by atoms with van der Waals surface area (Å²) in [7, 11) is 0.173. The molecule has 2 heterocycles. The first-order valence-electron chi connectivity index (χ1n) is 8.66. The van der Waals surface area contributed by atoms with Crippen LogP contribution in [0.3, 0.4) is 0 Å². The van der Waals surface area contributed by atoms with Crippen LogP contribution in [0, 0.1) is 0 Å². The molecule has 0 saturated carbocycles. The largest absolute Gasteiger partial charge is 0.496 e. The molecule has 0 atom stereocenters. The Morgan fingerprint density at radius 2 is 1.97 bits per heavy atom. The summed E-state index contributed by atoms with van der Waals surface area (Å²) in [4.78, 5) is 26.8. The number of nitrogens with zero attached hydrogens (tertiary/aromatic N) is 1. The first kappa shape index (κ1) is 20.0. The number of fused-ring (bicyclic) bond motifs is 2. The highest BCUT2D eigenvalue weighted by Crippen LogP contribution is 2.37. The summed E-state index contributed by atoms with van der Waals surface area (Å²) in [6.07, 6.45) is 0. The minimum absolute atomic E-state index is 0.0237. The number of aryl methyl sites for hydroxylation is 1. The molecule has 0 fully saturated rings. The summed E-state index contributed by atoms with van der Waals surface area (Å²) in [5, 5.41) is 0.398. The van der Waals surface area contributed by atoms with E-state index in [1.54, 1.807) is 31.3 Å². The Hall–Kier alpha value is -3.31. The fourth-order valence-electron chi connectivity index (χ4n) is 3.22. The Kier molecular flexibility index (Phi) is 4.79. The number of hydrogen-bond acceptors (Lipinski definition) is 7. The van der Waals surface area contributed by atoms with E-state index in [0.717, 1.165) is 11.3 Å². The highest BCUT2D eigenvalue weighted by Gasteiger charge is 2.26. The third-order valence-corrected chi connectivity index (χ3v) is 7.05. The quantitative estimate of drug-likeness (QED) is 0.454. The number of aromatic nitrogens is 2. The number of hydrogen-bond donors (Lipinski definition) is 2. The molecule has 0 saturated heterocycles. The number of carbonyl (C=O) groups excluding carboxylic acids is 1. The number of carbonyl (C=O) groups is 1. The molecule has 30 heavy (non-hydrogen) atoms. The topological polar surface area (TPSA) is 119 Å². The Labute approximate surface area is 174 Å². The van der Waals surface area contributed by atoms with Gasteiger partial charge in [0.25, 0.3) is 10.0 Å². The smallest absolute Gasteiger partial charge is 0.356 e. The van der Waals surface area contributed by atoms with Gasteiger partial charge in [0.15, 0.2) is 5.69 Å². The molecular weight excluding hydrogens is 430 g/mol. The number of H-pyrrole nitrogens is 1. The lowest BCUT2D eigenvalue weighted by atomic mass is 10.2. The molecule has 0 radical (unpaired) electrons. The molecule has 9 nitrogen and oxygen atoms in total. The van der Waals surface area contributed by atoms with Crippen LogP contribution in [0.1, 0.15) is 10.5 Å². The van der Waals surface area contributed by atoms with Crippen molar-refractivity contribution in [2.75, 3.05) is 18.9 Å². The minimum atomic E-state index is -4.10. The zero-order chi connectivity index (χ0) is 21.6. The van der Waals surface area contributed by atoms with Crippen molar-refractivity contribution in [3.8, 4) is 5.75 Å². The van der Waals surface area contributed by atoms with Gasteiger partial charge in [0.05, 0.1) is 45.9 Å². The van der Waals surface area contributed by atoms with E-state index in [1.165, 1.54) is 30.9 Å². The second-order valence-corrected chi connectivity index (χ2v) is 9.09. The maximum absolute atomic E-state index is 13.1. The molecule has 0 amide bonds. The van der Waals surface area contributed by atoms with Crippen molar-refractivity contribution in [3.05, 3.63) is 51.8 Å². The van der Waals surface area contributed by atoms with Gasteiger partial charge in [-0.25, -0.2) is 13.2 Å². The second-order valence-electron chi connectivity index (χ2n) is 6.41. The first-order chi connectivity index (χ1) is 14.3. The number of aromatic amines is 1. The van der Waals surface area contributed by atoms with Gasteiger partial charge < -0.3 is 19.0 Å². The molecule has 4 aromatic rings. The van der Waals surface area contributed by atoms with Gasteiger partial charge >= 0.3 is 10.8 Å². The summed E-state index contributed by atoms with van der Waals surface area (Å²) < 4.78 is 40.9. The average Bonchev–Trinajstić information content (AvgIpc) is 3.24. The molecule has 156 valence electrons.